The van der Waals surface area contributed by atoms with Gasteiger partial charge in [0.25, 0.3) is 0 Å². The lowest BCUT2D eigenvalue weighted by atomic mass is 9.98. The third kappa shape index (κ3) is 30.8. The highest BCUT2D eigenvalue weighted by Crippen LogP contribution is 2.26. The van der Waals surface area contributed by atoms with Gasteiger partial charge in [0, 0.05) is 13.0 Å². The molecule has 71 heavy (non-hydrogen) atoms. The predicted octanol–water partition coefficient (Wildman–Crippen LogP) is 8.85. The highest BCUT2D eigenvalue weighted by Gasteiger charge is 2.47. The first-order valence-electron chi connectivity index (χ1n) is 27.2. The fraction of sp³-hybridized carbons (Fsp3) is 0.737. The Morgan fingerprint density at radius 3 is 1.41 bits per heavy atom. The summed E-state index contributed by atoms with van der Waals surface area (Å²) in [6.45, 7) is 3.44. The van der Waals surface area contributed by atoms with E-state index in [-0.39, 0.29) is 19.6 Å². The Morgan fingerprint density at radius 2 is 0.915 bits per heavy atom. The van der Waals surface area contributed by atoms with Gasteiger partial charge in [0.1, 0.15) is 54.9 Å². The van der Waals surface area contributed by atoms with Gasteiger partial charge in [0.2, 0.25) is 0 Å². The molecule has 0 bridgehead atoms. The minimum atomic E-state index is -1.72. The number of rotatable bonds is 42. The van der Waals surface area contributed by atoms with Gasteiger partial charge in [-0.3, -0.25) is 4.79 Å². The normalized spacial score (nSPS) is 26.0. The molecular weight excluding hydrogens is 909 g/mol. The van der Waals surface area contributed by atoms with E-state index in [1.165, 1.54) is 57.8 Å². The fourth-order valence-electron chi connectivity index (χ4n) is 8.03. The van der Waals surface area contributed by atoms with Crippen LogP contribution in [0.2, 0.25) is 0 Å². The monoisotopic (exact) mass is 1000 g/mol. The second-order valence-electron chi connectivity index (χ2n) is 18.7. The average Bonchev–Trinajstić information content (AvgIpc) is 3.37. The van der Waals surface area contributed by atoms with E-state index in [2.05, 4.69) is 98.9 Å². The molecule has 0 amide bonds. The number of aliphatic hydroxyl groups is 7. The molecule has 2 heterocycles. The van der Waals surface area contributed by atoms with Crippen LogP contribution in [0.25, 0.3) is 0 Å². The Labute approximate surface area is 427 Å². The minimum absolute atomic E-state index is 0.0283. The van der Waals surface area contributed by atoms with Gasteiger partial charge >= 0.3 is 5.97 Å². The molecule has 0 saturated carbocycles. The molecule has 11 unspecified atom stereocenters. The maximum absolute atomic E-state index is 13.0. The number of carbonyl (C=O) groups is 1. The summed E-state index contributed by atoms with van der Waals surface area (Å²) in [6.07, 6.45) is 39.4. The minimum Gasteiger partial charge on any atom is -0.457 e. The zero-order valence-electron chi connectivity index (χ0n) is 43.4. The molecule has 0 aromatic heterocycles. The Bertz CT molecular complexity index is 1490. The summed E-state index contributed by atoms with van der Waals surface area (Å²) in [6, 6.07) is 0. The van der Waals surface area contributed by atoms with Crippen LogP contribution in [0.4, 0.5) is 0 Å². The molecule has 2 aliphatic rings. The van der Waals surface area contributed by atoms with Crippen molar-refractivity contribution in [2.45, 2.75) is 235 Å². The molecule has 408 valence electrons. The summed E-state index contributed by atoms with van der Waals surface area (Å²) >= 11 is 0. The maximum Gasteiger partial charge on any atom is 0.306 e. The Hall–Kier alpha value is -2.83. The second kappa shape index (κ2) is 43.6. The first-order chi connectivity index (χ1) is 34.6. The molecule has 2 rings (SSSR count). The van der Waals surface area contributed by atoms with Crippen molar-refractivity contribution in [3.63, 3.8) is 0 Å². The van der Waals surface area contributed by atoms with E-state index in [1.807, 2.05) is 0 Å². The SMILES string of the molecule is CC/C=C\C/C=C\C/C=C\C/C=C\C/C=C\C/C=C\C/C=C\CCCCOCC(COC1OC(COC2OC(CO)C(O)C(O)C2O)C(O)C(O)C1O)OC(=O)CCCCCCCCCCCCCCC. The molecule has 0 aromatic carbocycles. The number of allylic oxidation sites excluding steroid dienone is 14. The summed E-state index contributed by atoms with van der Waals surface area (Å²) in [5.74, 6) is -0.395. The van der Waals surface area contributed by atoms with E-state index >= 15 is 0 Å². The Morgan fingerprint density at radius 1 is 0.479 bits per heavy atom. The molecular formula is C57H96O14. The van der Waals surface area contributed by atoms with Crippen molar-refractivity contribution in [2.24, 2.45) is 0 Å². The molecule has 2 aliphatic heterocycles. The molecule has 14 nitrogen and oxygen atoms in total. The smallest absolute Gasteiger partial charge is 0.306 e. The van der Waals surface area contributed by atoms with Crippen LogP contribution in [0.5, 0.6) is 0 Å². The van der Waals surface area contributed by atoms with Crippen molar-refractivity contribution < 1.29 is 69.0 Å². The maximum atomic E-state index is 13.0. The van der Waals surface area contributed by atoms with E-state index in [0.717, 1.165) is 83.5 Å². The second-order valence-corrected chi connectivity index (χ2v) is 18.7. The lowest BCUT2D eigenvalue weighted by molar-refractivity contribution is -0.332. The molecule has 2 saturated heterocycles. The third-order valence-corrected chi connectivity index (χ3v) is 12.4. The highest BCUT2D eigenvalue weighted by atomic mass is 16.7. The largest absolute Gasteiger partial charge is 0.457 e. The van der Waals surface area contributed by atoms with Crippen LogP contribution in [-0.4, -0.2) is 142 Å². The molecule has 2 fully saturated rings. The van der Waals surface area contributed by atoms with Gasteiger partial charge in [-0.25, -0.2) is 0 Å². The van der Waals surface area contributed by atoms with Crippen LogP contribution in [-0.2, 0) is 33.2 Å². The summed E-state index contributed by atoms with van der Waals surface area (Å²) in [5.41, 5.74) is 0. The topological polar surface area (TPSA) is 214 Å². The molecule has 0 radical (unpaired) electrons. The molecule has 7 N–H and O–H groups in total. The summed E-state index contributed by atoms with van der Waals surface area (Å²) in [5, 5.41) is 72.2. The van der Waals surface area contributed by atoms with Crippen LogP contribution in [0.3, 0.4) is 0 Å². The lowest BCUT2D eigenvalue weighted by Crippen LogP contribution is -2.61. The van der Waals surface area contributed by atoms with E-state index < -0.39 is 86.7 Å². The van der Waals surface area contributed by atoms with Gasteiger partial charge < -0.3 is 64.2 Å². The van der Waals surface area contributed by atoms with Crippen molar-refractivity contribution in [1.82, 2.24) is 0 Å². The summed E-state index contributed by atoms with van der Waals surface area (Å²) in [4.78, 5) is 13.0. The predicted molar refractivity (Wildman–Crippen MR) is 279 cm³/mol. The molecule has 14 heteroatoms. The fourth-order valence-corrected chi connectivity index (χ4v) is 8.03. The number of hydrogen-bond acceptors (Lipinski definition) is 14. The van der Waals surface area contributed by atoms with Crippen molar-refractivity contribution in [3.8, 4) is 0 Å². The van der Waals surface area contributed by atoms with Crippen LogP contribution in [0, 0.1) is 0 Å². The third-order valence-electron chi connectivity index (χ3n) is 12.4. The zero-order chi connectivity index (χ0) is 51.6. The molecule has 0 aromatic rings. The zero-order valence-corrected chi connectivity index (χ0v) is 43.4. The number of aliphatic hydroxyl groups excluding tert-OH is 7. The quantitative estimate of drug-likeness (QED) is 0.0173. The number of esters is 1. The number of unbranched alkanes of at least 4 members (excludes halogenated alkanes) is 14. The highest BCUT2D eigenvalue weighted by molar-refractivity contribution is 5.69. The summed E-state index contributed by atoms with van der Waals surface area (Å²) < 4.78 is 34.2. The Kier molecular flexibility index (Phi) is 39.4. The lowest BCUT2D eigenvalue weighted by Gasteiger charge is -2.42. The van der Waals surface area contributed by atoms with E-state index in [0.29, 0.717) is 13.0 Å². The van der Waals surface area contributed by atoms with Gasteiger partial charge in [-0.15, -0.1) is 0 Å². The van der Waals surface area contributed by atoms with Gasteiger partial charge in [-0.1, -0.05) is 176 Å². The number of hydrogen-bond donors (Lipinski definition) is 7. The van der Waals surface area contributed by atoms with Gasteiger partial charge in [-0.2, -0.15) is 0 Å². The molecule has 11 atom stereocenters. The number of ether oxygens (including phenoxy) is 6. The Balaban J connectivity index is 1.76. The average molecular weight is 1010 g/mol. The van der Waals surface area contributed by atoms with Crippen molar-refractivity contribution in [2.75, 3.05) is 33.0 Å². The van der Waals surface area contributed by atoms with Crippen LogP contribution < -0.4 is 0 Å². The van der Waals surface area contributed by atoms with Gasteiger partial charge in [-0.05, 0) is 70.6 Å². The van der Waals surface area contributed by atoms with Gasteiger partial charge in [0.15, 0.2) is 12.6 Å². The molecule has 0 aliphatic carbocycles. The first kappa shape index (κ1) is 64.3. The van der Waals surface area contributed by atoms with Crippen LogP contribution in [0.15, 0.2) is 85.1 Å². The van der Waals surface area contributed by atoms with Crippen molar-refractivity contribution >= 4 is 5.97 Å². The molecule has 0 spiro atoms. The first-order valence-corrected chi connectivity index (χ1v) is 27.2. The summed E-state index contributed by atoms with van der Waals surface area (Å²) in [7, 11) is 0. The van der Waals surface area contributed by atoms with Crippen LogP contribution in [0.1, 0.15) is 168 Å². The number of carbonyl (C=O) groups excluding carboxylic acids is 1. The van der Waals surface area contributed by atoms with E-state index in [9.17, 15) is 40.5 Å². The van der Waals surface area contributed by atoms with Crippen LogP contribution >= 0.6 is 0 Å². The van der Waals surface area contributed by atoms with Crippen molar-refractivity contribution in [1.29, 1.82) is 0 Å². The van der Waals surface area contributed by atoms with E-state index in [4.69, 9.17) is 28.4 Å². The standard InChI is InChI=1S/C57H96O14/c1-3-5-7-9-11-13-15-17-18-19-20-21-22-23-24-25-26-27-29-31-33-35-37-39-41-66-43-46(69-49(59)40-38-36-34-32-30-28-16-14-12-10-8-6-4-2)44-67-56-55(65)53(63)51(61)48(71-56)45-68-57-54(64)52(62)50(60)47(42-58)70-57/h5,7,11,13,17-18,20-21,23-24,26-27,31,33,46-48,50-58,60-65H,3-4,6,8-10,12,14-16,19,22,25,28-30,32,34-45H2,1-2H3/b7-5-,13-11-,18-17-,21-20-,24-23-,27-26-,33-31-. The van der Waals surface area contributed by atoms with Gasteiger partial charge in [0.05, 0.1) is 26.4 Å². The van der Waals surface area contributed by atoms with E-state index in [1.54, 1.807) is 0 Å². The van der Waals surface area contributed by atoms with Crippen molar-refractivity contribution in [3.05, 3.63) is 85.1 Å².